The predicted molar refractivity (Wildman–Crippen MR) is 101 cm³/mol. The molecular formula is C20H17FN6O. The first kappa shape index (κ1) is 16.7. The van der Waals surface area contributed by atoms with Gasteiger partial charge >= 0.3 is 0 Å². The second kappa shape index (κ2) is 6.95. The molecule has 4 heterocycles. The molecule has 140 valence electrons. The molecule has 0 N–H and O–H groups in total. The summed E-state index contributed by atoms with van der Waals surface area (Å²) in [6.07, 6.45) is 4.83. The van der Waals surface area contributed by atoms with Gasteiger partial charge in [-0.1, -0.05) is 17.3 Å². The van der Waals surface area contributed by atoms with Crippen LogP contribution >= 0.6 is 0 Å². The van der Waals surface area contributed by atoms with Crippen LogP contribution < -0.4 is 4.90 Å². The van der Waals surface area contributed by atoms with E-state index >= 15 is 0 Å². The second-order valence-corrected chi connectivity index (χ2v) is 6.77. The van der Waals surface area contributed by atoms with Crippen LogP contribution in [-0.2, 0) is 0 Å². The summed E-state index contributed by atoms with van der Waals surface area (Å²) in [6.45, 7) is 1.54. The Kier molecular flexibility index (Phi) is 4.16. The number of pyridine rings is 1. The minimum absolute atomic E-state index is 0.186. The number of rotatable bonds is 3. The summed E-state index contributed by atoms with van der Waals surface area (Å²) in [4.78, 5) is 19.4. The Balaban J connectivity index is 1.34. The lowest BCUT2D eigenvalue weighted by molar-refractivity contribution is 0.329. The van der Waals surface area contributed by atoms with E-state index < -0.39 is 0 Å². The van der Waals surface area contributed by atoms with Crippen LogP contribution in [0.3, 0.4) is 0 Å². The Morgan fingerprint density at radius 1 is 1.00 bits per heavy atom. The Morgan fingerprint density at radius 2 is 1.89 bits per heavy atom. The molecule has 0 atom stereocenters. The van der Waals surface area contributed by atoms with Crippen LogP contribution in [0, 0.1) is 5.82 Å². The van der Waals surface area contributed by atoms with Crippen molar-refractivity contribution in [3.05, 3.63) is 60.6 Å². The number of nitrogens with zero attached hydrogens (tertiary/aromatic N) is 6. The van der Waals surface area contributed by atoms with Gasteiger partial charge in [0, 0.05) is 30.6 Å². The minimum Gasteiger partial charge on any atom is -0.356 e. The SMILES string of the molecule is Fc1cccc2c(N3CCC(c4nc(-c5ccccn5)no4)CC3)ncnc12. The maximum Gasteiger partial charge on any atom is 0.230 e. The molecule has 1 aromatic carbocycles. The highest BCUT2D eigenvalue weighted by Gasteiger charge is 2.27. The van der Waals surface area contributed by atoms with E-state index in [1.54, 1.807) is 12.3 Å². The summed E-state index contributed by atoms with van der Waals surface area (Å²) in [5.74, 6) is 1.77. The Labute approximate surface area is 160 Å². The van der Waals surface area contributed by atoms with Crippen molar-refractivity contribution in [3.8, 4) is 11.5 Å². The van der Waals surface area contributed by atoms with E-state index in [1.807, 2.05) is 24.3 Å². The topological polar surface area (TPSA) is 80.8 Å². The molecule has 0 unspecified atom stereocenters. The maximum atomic E-state index is 14.0. The van der Waals surface area contributed by atoms with Gasteiger partial charge in [0.15, 0.2) is 0 Å². The molecule has 4 aromatic rings. The van der Waals surface area contributed by atoms with Crippen molar-refractivity contribution in [1.82, 2.24) is 25.1 Å². The van der Waals surface area contributed by atoms with Crippen LogP contribution in [0.1, 0.15) is 24.7 Å². The van der Waals surface area contributed by atoms with Crippen molar-refractivity contribution in [2.24, 2.45) is 0 Å². The largest absolute Gasteiger partial charge is 0.356 e. The molecule has 8 heteroatoms. The lowest BCUT2D eigenvalue weighted by Gasteiger charge is -2.31. The van der Waals surface area contributed by atoms with Crippen LogP contribution in [0.25, 0.3) is 22.4 Å². The number of aromatic nitrogens is 5. The van der Waals surface area contributed by atoms with Crippen LogP contribution in [-0.4, -0.2) is 38.2 Å². The number of anilines is 1. The number of hydrogen-bond donors (Lipinski definition) is 0. The van der Waals surface area contributed by atoms with Crippen LogP contribution in [0.5, 0.6) is 0 Å². The Hall–Kier alpha value is -3.42. The van der Waals surface area contributed by atoms with Gasteiger partial charge in [-0.15, -0.1) is 0 Å². The molecule has 1 aliphatic heterocycles. The number of para-hydroxylation sites is 1. The predicted octanol–water partition coefficient (Wildman–Crippen LogP) is 3.60. The fourth-order valence-electron chi connectivity index (χ4n) is 3.63. The molecule has 0 aliphatic carbocycles. The third-order valence-corrected chi connectivity index (χ3v) is 5.07. The molecule has 0 bridgehead atoms. The fourth-order valence-corrected chi connectivity index (χ4v) is 3.63. The highest BCUT2D eigenvalue weighted by molar-refractivity contribution is 5.89. The standard InChI is InChI=1S/C20H17FN6O/c21-15-5-3-4-14-17(15)23-12-24-19(14)27-10-7-13(8-11-27)20-25-18(26-28-20)16-6-1-2-9-22-16/h1-6,9,12-13H,7-8,10-11H2. The zero-order chi connectivity index (χ0) is 18.9. The van der Waals surface area contributed by atoms with Crippen molar-refractivity contribution in [2.45, 2.75) is 18.8 Å². The van der Waals surface area contributed by atoms with E-state index in [0.29, 0.717) is 22.9 Å². The molecule has 7 nitrogen and oxygen atoms in total. The van der Waals surface area contributed by atoms with Gasteiger partial charge in [-0.05, 0) is 37.1 Å². The molecule has 28 heavy (non-hydrogen) atoms. The molecule has 1 aliphatic rings. The van der Waals surface area contributed by atoms with Crippen LogP contribution in [0.4, 0.5) is 10.2 Å². The highest BCUT2D eigenvalue weighted by atomic mass is 19.1. The molecule has 1 saturated heterocycles. The molecular weight excluding hydrogens is 359 g/mol. The van der Waals surface area contributed by atoms with Gasteiger partial charge in [0.2, 0.25) is 11.7 Å². The van der Waals surface area contributed by atoms with Gasteiger partial charge in [-0.3, -0.25) is 4.98 Å². The van der Waals surface area contributed by atoms with E-state index in [4.69, 9.17) is 4.52 Å². The minimum atomic E-state index is -0.330. The molecule has 1 fully saturated rings. The van der Waals surface area contributed by atoms with Crippen molar-refractivity contribution < 1.29 is 8.91 Å². The van der Waals surface area contributed by atoms with E-state index in [9.17, 15) is 4.39 Å². The zero-order valence-electron chi connectivity index (χ0n) is 15.0. The van der Waals surface area contributed by atoms with Gasteiger partial charge in [-0.25, -0.2) is 14.4 Å². The average molecular weight is 376 g/mol. The van der Waals surface area contributed by atoms with E-state index in [0.717, 1.165) is 37.1 Å². The van der Waals surface area contributed by atoms with Crippen molar-refractivity contribution in [2.75, 3.05) is 18.0 Å². The molecule has 0 saturated carbocycles. The zero-order valence-corrected chi connectivity index (χ0v) is 15.0. The summed E-state index contributed by atoms with van der Waals surface area (Å²) in [5.41, 5.74) is 1.05. The molecule has 0 spiro atoms. The smallest absolute Gasteiger partial charge is 0.230 e. The first-order valence-electron chi connectivity index (χ1n) is 9.19. The van der Waals surface area contributed by atoms with Gasteiger partial charge in [0.05, 0.1) is 0 Å². The fraction of sp³-hybridized carbons (Fsp3) is 0.250. The van der Waals surface area contributed by atoms with Gasteiger partial charge in [0.1, 0.15) is 29.2 Å². The highest BCUT2D eigenvalue weighted by Crippen LogP contribution is 2.32. The van der Waals surface area contributed by atoms with Crippen molar-refractivity contribution in [3.63, 3.8) is 0 Å². The molecule has 0 radical (unpaired) electrons. The van der Waals surface area contributed by atoms with Gasteiger partial charge in [-0.2, -0.15) is 4.98 Å². The number of hydrogen-bond acceptors (Lipinski definition) is 7. The van der Waals surface area contributed by atoms with E-state index in [2.05, 4.69) is 30.0 Å². The lowest BCUT2D eigenvalue weighted by atomic mass is 9.96. The molecule has 5 rings (SSSR count). The van der Waals surface area contributed by atoms with Gasteiger partial charge < -0.3 is 9.42 Å². The monoisotopic (exact) mass is 376 g/mol. The lowest BCUT2D eigenvalue weighted by Crippen LogP contribution is -2.33. The summed E-state index contributed by atoms with van der Waals surface area (Å²) in [6, 6.07) is 10.6. The van der Waals surface area contributed by atoms with E-state index in [1.165, 1.54) is 12.4 Å². The van der Waals surface area contributed by atoms with Crippen LogP contribution in [0.15, 0.2) is 53.4 Å². The van der Waals surface area contributed by atoms with Gasteiger partial charge in [0.25, 0.3) is 0 Å². The van der Waals surface area contributed by atoms with E-state index in [-0.39, 0.29) is 11.7 Å². The van der Waals surface area contributed by atoms with Crippen molar-refractivity contribution in [1.29, 1.82) is 0 Å². The number of piperidine rings is 1. The van der Waals surface area contributed by atoms with Crippen molar-refractivity contribution >= 4 is 16.7 Å². The quantitative estimate of drug-likeness (QED) is 0.540. The molecule has 0 amide bonds. The first-order valence-corrected chi connectivity index (χ1v) is 9.19. The number of halogens is 1. The summed E-state index contributed by atoms with van der Waals surface area (Å²) in [5, 5.41) is 4.80. The Morgan fingerprint density at radius 3 is 2.71 bits per heavy atom. The Bertz CT molecular complexity index is 1110. The molecule has 3 aromatic heterocycles. The summed E-state index contributed by atoms with van der Waals surface area (Å²) < 4.78 is 19.5. The second-order valence-electron chi connectivity index (χ2n) is 6.77. The number of benzene rings is 1. The average Bonchev–Trinajstić information content (AvgIpc) is 3.25. The normalized spacial score (nSPS) is 15.2. The number of fused-ring (bicyclic) bond motifs is 1. The third kappa shape index (κ3) is 2.96. The maximum absolute atomic E-state index is 14.0. The summed E-state index contributed by atoms with van der Waals surface area (Å²) >= 11 is 0. The van der Waals surface area contributed by atoms with Crippen LogP contribution in [0.2, 0.25) is 0 Å². The first-order chi connectivity index (χ1) is 13.8. The third-order valence-electron chi connectivity index (χ3n) is 5.07. The summed E-state index contributed by atoms with van der Waals surface area (Å²) in [7, 11) is 0.